The number of methoxy groups -OCH3 is 1. The molecule has 0 bridgehead atoms. The van der Waals surface area contributed by atoms with Crippen molar-refractivity contribution in [3.8, 4) is 5.75 Å². The zero-order valence-electron chi connectivity index (χ0n) is 14.2. The molecule has 0 radical (unpaired) electrons. The van der Waals surface area contributed by atoms with Crippen LogP contribution >= 0.6 is 0 Å². The number of rotatable bonds is 5. The molecule has 26 heavy (non-hydrogen) atoms. The van der Waals surface area contributed by atoms with Crippen molar-refractivity contribution in [2.45, 2.75) is 38.0 Å². The third kappa shape index (κ3) is 3.89. The van der Waals surface area contributed by atoms with Crippen LogP contribution in [-0.2, 0) is 9.53 Å². The number of carbonyl (C=O) groups is 1. The van der Waals surface area contributed by atoms with Gasteiger partial charge in [-0.25, -0.2) is 0 Å². The quantitative estimate of drug-likeness (QED) is 0.539. The largest absolute Gasteiger partial charge is 0.497 e. The molecule has 0 amide bonds. The number of hydrogen-bond acceptors (Lipinski definition) is 3. The first-order valence-electron chi connectivity index (χ1n) is 7.70. The van der Waals surface area contributed by atoms with Gasteiger partial charge in [0.05, 0.1) is 13.0 Å². The Hall–Kier alpha value is -2.38. The first-order chi connectivity index (χ1) is 12.0. The minimum Gasteiger partial charge on any atom is -0.497 e. The molecule has 2 atom stereocenters. The van der Waals surface area contributed by atoms with Crippen molar-refractivity contribution < 1.29 is 36.2 Å². The fraction of sp³-hybridized carbons (Fsp3) is 0.389. The summed E-state index contributed by atoms with van der Waals surface area (Å²) in [6.07, 6.45) is -8.42. The second kappa shape index (κ2) is 7.09. The molecule has 1 unspecified atom stereocenters. The van der Waals surface area contributed by atoms with Crippen LogP contribution < -0.4 is 4.74 Å². The number of hydrogen-bond donors (Lipinski definition) is 0. The van der Waals surface area contributed by atoms with E-state index in [1.807, 2.05) is 0 Å². The molecule has 142 valence electrons. The SMILES string of the molecule is COc1ccc2cc(C(C)C(=O)O[C@H](C)C(F)(F)C(F)(F)F)ccc2c1. The number of fused-ring (bicyclic) bond motifs is 1. The van der Waals surface area contributed by atoms with E-state index in [-0.39, 0.29) is 0 Å². The summed E-state index contributed by atoms with van der Waals surface area (Å²) in [5.41, 5.74) is 0.440. The van der Waals surface area contributed by atoms with E-state index in [9.17, 15) is 26.7 Å². The highest BCUT2D eigenvalue weighted by Crippen LogP contribution is 2.39. The van der Waals surface area contributed by atoms with Crippen molar-refractivity contribution in [2.24, 2.45) is 0 Å². The number of ether oxygens (including phenoxy) is 2. The molecule has 0 aromatic heterocycles. The molecule has 2 aromatic carbocycles. The highest BCUT2D eigenvalue weighted by molar-refractivity contribution is 5.86. The molecule has 0 aliphatic carbocycles. The molecule has 0 fully saturated rings. The number of benzene rings is 2. The maximum Gasteiger partial charge on any atom is 0.457 e. The van der Waals surface area contributed by atoms with Crippen LogP contribution in [0, 0.1) is 0 Å². The van der Waals surface area contributed by atoms with Crippen LogP contribution in [0.4, 0.5) is 22.0 Å². The number of esters is 1. The molecule has 8 heteroatoms. The number of carbonyl (C=O) groups excluding carboxylic acids is 1. The van der Waals surface area contributed by atoms with Crippen molar-refractivity contribution in [1.82, 2.24) is 0 Å². The van der Waals surface area contributed by atoms with Crippen LogP contribution in [0.15, 0.2) is 36.4 Å². The van der Waals surface area contributed by atoms with Gasteiger partial charge in [0.25, 0.3) is 0 Å². The lowest BCUT2D eigenvalue weighted by atomic mass is 9.97. The van der Waals surface area contributed by atoms with Gasteiger partial charge in [-0.3, -0.25) is 4.79 Å². The molecule has 0 N–H and O–H groups in total. The standard InChI is InChI=1S/C18H17F5O3/c1-10(16(24)26-11(2)17(19,20)18(21,22)23)12-4-5-14-9-15(25-3)7-6-13(14)8-12/h4-11H,1-3H3/t10?,11-/m1/s1. The second-order valence-electron chi connectivity index (χ2n) is 5.89. The highest BCUT2D eigenvalue weighted by atomic mass is 19.4. The van der Waals surface area contributed by atoms with Gasteiger partial charge < -0.3 is 9.47 Å². The van der Waals surface area contributed by atoms with Crippen LogP contribution in [-0.4, -0.2) is 31.3 Å². The predicted molar refractivity (Wildman–Crippen MR) is 85.5 cm³/mol. The summed E-state index contributed by atoms with van der Waals surface area (Å²) in [7, 11) is 1.52. The Balaban J connectivity index is 2.19. The molecule has 2 aromatic rings. The van der Waals surface area contributed by atoms with Gasteiger partial charge in [-0.15, -0.1) is 0 Å². The Morgan fingerprint density at radius 2 is 1.54 bits per heavy atom. The summed E-state index contributed by atoms with van der Waals surface area (Å²) >= 11 is 0. The zero-order valence-corrected chi connectivity index (χ0v) is 14.2. The summed E-state index contributed by atoms with van der Waals surface area (Å²) in [6, 6.07) is 10.2. The van der Waals surface area contributed by atoms with E-state index >= 15 is 0 Å². The second-order valence-corrected chi connectivity index (χ2v) is 5.89. The van der Waals surface area contributed by atoms with Crippen LogP contribution in [0.5, 0.6) is 5.75 Å². The van der Waals surface area contributed by atoms with Crippen molar-refractivity contribution in [2.75, 3.05) is 7.11 Å². The lowest BCUT2D eigenvalue weighted by molar-refractivity contribution is -0.311. The Labute approximate surface area is 146 Å². The van der Waals surface area contributed by atoms with Crippen LogP contribution in [0.3, 0.4) is 0 Å². The maximum absolute atomic E-state index is 13.2. The van der Waals surface area contributed by atoms with Gasteiger partial charge in [0.15, 0.2) is 6.10 Å². The minimum atomic E-state index is -5.79. The first-order valence-corrected chi connectivity index (χ1v) is 7.70. The average Bonchev–Trinajstić information content (AvgIpc) is 2.58. The third-order valence-electron chi connectivity index (χ3n) is 4.11. The predicted octanol–water partition coefficient (Wildman–Crippen LogP) is 5.08. The Kier molecular flexibility index (Phi) is 5.44. The van der Waals surface area contributed by atoms with Gasteiger partial charge in [0.2, 0.25) is 0 Å². The van der Waals surface area contributed by atoms with E-state index in [2.05, 4.69) is 4.74 Å². The van der Waals surface area contributed by atoms with E-state index < -0.39 is 30.1 Å². The number of alkyl halides is 5. The zero-order chi connectivity index (χ0) is 19.7. The third-order valence-corrected chi connectivity index (χ3v) is 4.11. The molecule has 0 heterocycles. The molecule has 0 aliphatic heterocycles. The smallest absolute Gasteiger partial charge is 0.457 e. The highest BCUT2D eigenvalue weighted by Gasteiger charge is 2.62. The molecule has 0 saturated heterocycles. The fourth-order valence-corrected chi connectivity index (χ4v) is 2.36. The molecule has 0 saturated carbocycles. The first kappa shape index (κ1) is 19.9. The van der Waals surface area contributed by atoms with Crippen LogP contribution in [0.25, 0.3) is 10.8 Å². The van der Waals surface area contributed by atoms with Crippen molar-refractivity contribution in [3.05, 3.63) is 42.0 Å². The summed E-state index contributed by atoms with van der Waals surface area (Å²) < 4.78 is 72.9. The van der Waals surface area contributed by atoms with Gasteiger partial charge in [0, 0.05) is 0 Å². The summed E-state index contributed by atoms with van der Waals surface area (Å²) in [6.45, 7) is 1.90. The van der Waals surface area contributed by atoms with Crippen LogP contribution in [0.2, 0.25) is 0 Å². The lowest BCUT2D eigenvalue weighted by Crippen LogP contribution is -2.47. The Morgan fingerprint density at radius 1 is 0.962 bits per heavy atom. The topological polar surface area (TPSA) is 35.5 Å². The van der Waals surface area contributed by atoms with E-state index in [4.69, 9.17) is 4.74 Å². The van der Waals surface area contributed by atoms with E-state index in [0.717, 1.165) is 10.8 Å². The summed E-state index contributed by atoms with van der Waals surface area (Å²) in [5.74, 6) is -6.65. The maximum atomic E-state index is 13.2. The summed E-state index contributed by atoms with van der Waals surface area (Å²) in [5, 5.41) is 1.59. The molecular formula is C18H17F5O3. The molecular weight excluding hydrogens is 359 g/mol. The van der Waals surface area contributed by atoms with Crippen molar-refractivity contribution in [1.29, 1.82) is 0 Å². The van der Waals surface area contributed by atoms with E-state index in [0.29, 0.717) is 18.2 Å². The Bertz CT molecular complexity index is 801. The van der Waals surface area contributed by atoms with Gasteiger partial charge >= 0.3 is 18.1 Å². The van der Waals surface area contributed by atoms with E-state index in [1.165, 1.54) is 14.0 Å². The van der Waals surface area contributed by atoms with Gasteiger partial charge in [-0.1, -0.05) is 24.3 Å². The lowest BCUT2D eigenvalue weighted by Gasteiger charge is -2.26. The van der Waals surface area contributed by atoms with Crippen molar-refractivity contribution >= 4 is 16.7 Å². The fourth-order valence-electron chi connectivity index (χ4n) is 2.36. The number of halogens is 5. The molecule has 3 nitrogen and oxygen atoms in total. The summed E-state index contributed by atoms with van der Waals surface area (Å²) in [4.78, 5) is 12.0. The molecule has 0 spiro atoms. The van der Waals surface area contributed by atoms with Crippen LogP contribution in [0.1, 0.15) is 25.3 Å². The van der Waals surface area contributed by atoms with Gasteiger partial charge in [0.1, 0.15) is 5.75 Å². The van der Waals surface area contributed by atoms with E-state index in [1.54, 1.807) is 36.4 Å². The average molecular weight is 376 g/mol. The minimum absolute atomic E-state index is 0.440. The molecule has 2 rings (SSSR count). The van der Waals surface area contributed by atoms with Crippen molar-refractivity contribution in [3.63, 3.8) is 0 Å². The molecule has 0 aliphatic rings. The Morgan fingerprint density at radius 3 is 2.12 bits per heavy atom. The van der Waals surface area contributed by atoms with Gasteiger partial charge in [-0.2, -0.15) is 22.0 Å². The monoisotopic (exact) mass is 376 g/mol. The normalized spacial score (nSPS) is 14.8. The van der Waals surface area contributed by atoms with Gasteiger partial charge in [-0.05, 0) is 42.3 Å².